The van der Waals surface area contributed by atoms with E-state index in [1.807, 2.05) is 23.3 Å². The largest absolute Gasteiger partial charge is 0.311 e. The van der Waals surface area contributed by atoms with E-state index in [-0.39, 0.29) is 17.0 Å². The van der Waals surface area contributed by atoms with Crippen molar-refractivity contribution in [1.82, 2.24) is 9.55 Å². The summed E-state index contributed by atoms with van der Waals surface area (Å²) in [7, 11) is 0. The molecule has 0 unspecified atom stereocenters. The Morgan fingerprint density at radius 3 is 1.67 bits per heavy atom. The standard InChI is InChI=1S/C21H38N2.BrH/c1-3-4-5-6-7-8-9-10-11-12-13-14-15-16-17-21(2)23-19-18-22-20-23;/h18-20H,2-17H2,1H3;1H. The molecule has 0 aromatic carbocycles. The molecule has 0 amide bonds. The summed E-state index contributed by atoms with van der Waals surface area (Å²) in [6.07, 6.45) is 26.5. The Kier molecular flexibility index (Phi) is 16.8. The molecule has 0 N–H and O–H groups in total. The van der Waals surface area contributed by atoms with Crippen molar-refractivity contribution in [3.05, 3.63) is 25.3 Å². The minimum Gasteiger partial charge on any atom is -0.311 e. The van der Waals surface area contributed by atoms with Gasteiger partial charge in [-0.25, -0.2) is 4.98 Å². The Bertz CT molecular complexity index is 373. The van der Waals surface area contributed by atoms with Crippen LogP contribution in [0.5, 0.6) is 0 Å². The predicted octanol–water partition coefficient (Wildman–Crippen LogP) is 7.80. The molecular weight excluding hydrogens is 360 g/mol. The van der Waals surface area contributed by atoms with Crippen LogP contribution in [0.2, 0.25) is 0 Å². The SMILES string of the molecule is Br.C=C(CCCCCCCCCCCCCCCC)n1ccnc1. The Morgan fingerprint density at radius 1 is 0.792 bits per heavy atom. The molecule has 0 fully saturated rings. The Morgan fingerprint density at radius 2 is 1.25 bits per heavy atom. The summed E-state index contributed by atoms with van der Waals surface area (Å²) >= 11 is 0. The van der Waals surface area contributed by atoms with Crippen molar-refractivity contribution in [1.29, 1.82) is 0 Å². The van der Waals surface area contributed by atoms with Gasteiger partial charge >= 0.3 is 0 Å². The lowest BCUT2D eigenvalue weighted by Gasteiger charge is -2.06. The molecule has 0 saturated heterocycles. The molecule has 2 nitrogen and oxygen atoms in total. The zero-order valence-electron chi connectivity index (χ0n) is 15.8. The van der Waals surface area contributed by atoms with Crippen LogP contribution in [-0.2, 0) is 0 Å². The van der Waals surface area contributed by atoms with Crippen LogP contribution >= 0.6 is 17.0 Å². The second-order valence-corrected chi connectivity index (χ2v) is 6.88. The van der Waals surface area contributed by atoms with Gasteiger partial charge in [-0.3, -0.25) is 0 Å². The second-order valence-electron chi connectivity index (χ2n) is 6.88. The van der Waals surface area contributed by atoms with E-state index in [1.165, 1.54) is 95.6 Å². The number of hydrogen-bond acceptors (Lipinski definition) is 1. The van der Waals surface area contributed by atoms with Crippen LogP contribution in [0.4, 0.5) is 0 Å². The van der Waals surface area contributed by atoms with Gasteiger partial charge in [-0.15, -0.1) is 17.0 Å². The first-order valence-electron chi connectivity index (χ1n) is 10.0. The van der Waals surface area contributed by atoms with Gasteiger partial charge < -0.3 is 4.57 Å². The second kappa shape index (κ2) is 17.3. The third kappa shape index (κ3) is 12.8. The topological polar surface area (TPSA) is 17.8 Å². The van der Waals surface area contributed by atoms with Gasteiger partial charge in [0.25, 0.3) is 0 Å². The van der Waals surface area contributed by atoms with Gasteiger partial charge in [0.05, 0.1) is 6.33 Å². The number of rotatable bonds is 16. The molecule has 1 aromatic heterocycles. The van der Waals surface area contributed by atoms with Crippen molar-refractivity contribution < 1.29 is 0 Å². The van der Waals surface area contributed by atoms with E-state index in [4.69, 9.17) is 0 Å². The molecule has 0 saturated carbocycles. The van der Waals surface area contributed by atoms with Crippen LogP contribution in [0.25, 0.3) is 5.70 Å². The van der Waals surface area contributed by atoms with E-state index in [0.29, 0.717) is 0 Å². The molecule has 1 heterocycles. The van der Waals surface area contributed by atoms with Crippen molar-refractivity contribution in [3.8, 4) is 0 Å². The highest BCUT2D eigenvalue weighted by Crippen LogP contribution is 2.15. The lowest BCUT2D eigenvalue weighted by Crippen LogP contribution is -1.92. The molecule has 0 bridgehead atoms. The van der Waals surface area contributed by atoms with Crippen LogP contribution in [-0.4, -0.2) is 9.55 Å². The first kappa shape index (κ1) is 23.4. The summed E-state index contributed by atoms with van der Waals surface area (Å²) in [5.74, 6) is 0. The number of aromatic nitrogens is 2. The predicted molar refractivity (Wildman–Crippen MR) is 113 cm³/mol. The summed E-state index contributed by atoms with van der Waals surface area (Å²) in [5.41, 5.74) is 1.17. The maximum atomic E-state index is 4.12. The zero-order chi connectivity index (χ0) is 16.6. The Hall–Kier alpha value is -0.570. The van der Waals surface area contributed by atoms with Gasteiger partial charge in [-0.05, 0) is 12.8 Å². The summed E-state index contributed by atoms with van der Waals surface area (Å²) in [6, 6.07) is 0. The van der Waals surface area contributed by atoms with Crippen molar-refractivity contribution >= 4 is 22.7 Å². The van der Waals surface area contributed by atoms with E-state index in [9.17, 15) is 0 Å². The molecule has 1 rings (SSSR count). The van der Waals surface area contributed by atoms with E-state index in [1.54, 1.807) is 0 Å². The minimum absolute atomic E-state index is 0. The molecule has 0 aliphatic carbocycles. The van der Waals surface area contributed by atoms with Crippen LogP contribution in [0, 0.1) is 0 Å². The van der Waals surface area contributed by atoms with Gasteiger partial charge in [-0.2, -0.15) is 0 Å². The maximum Gasteiger partial charge on any atom is 0.0988 e. The molecule has 0 radical (unpaired) electrons. The molecule has 3 heteroatoms. The van der Waals surface area contributed by atoms with Crippen molar-refractivity contribution in [2.45, 2.75) is 103 Å². The molecular formula is C21H39BrN2. The van der Waals surface area contributed by atoms with E-state index in [0.717, 1.165) is 6.42 Å². The van der Waals surface area contributed by atoms with Gasteiger partial charge in [0.15, 0.2) is 0 Å². The molecule has 0 aliphatic rings. The fourth-order valence-corrected chi connectivity index (χ4v) is 3.10. The highest BCUT2D eigenvalue weighted by atomic mass is 79.9. The molecule has 0 spiro atoms. The Labute approximate surface area is 160 Å². The number of hydrogen-bond donors (Lipinski definition) is 0. The van der Waals surface area contributed by atoms with Crippen LogP contribution in [0.1, 0.15) is 103 Å². The van der Waals surface area contributed by atoms with Crippen LogP contribution in [0.15, 0.2) is 25.3 Å². The van der Waals surface area contributed by atoms with E-state index < -0.39 is 0 Å². The molecule has 0 atom stereocenters. The maximum absolute atomic E-state index is 4.12. The number of nitrogens with zero attached hydrogens (tertiary/aromatic N) is 2. The normalized spacial score (nSPS) is 10.5. The van der Waals surface area contributed by atoms with Crippen LogP contribution < -0.4 is 0 Å². The number of unbranched alkanes of at least 4 members (excludes halogenated alkanes) is 13. The third-order valence-corrected chi connectivity index (χ3v) is 4.69. The van der Waals surface area contributed by atoms with Gasteiger partial charge in [-0.1, -0.05) is 97.0 Å². The number of allylic oxidation sites excluding steroid dienone is 1. The van der Waals surface area contributed by atoms with Crippen molar-refractivity contribution in [3.63, 3.8) is 0 Å². The fourth-order valence-electron chi connectivity index (χ4n) is 3.10. The summed E-state index contributed by atoms with van der Waals surface area (Å²) < 4.78 is 2.03. The lowest BCUT2D eigenvalue weighted by molar-refractivity contribution is 0.536. The highest BCUT2D eigenvalue weighted by Gasteiger charge is 1.97. The molecule has 140 valence electrons. The van der Waals surface area contributed by atoms with Gasteiger partial charge in [0, 0.05) is 18.1 Å². The monoisotopic (exact) mass is 398 g/mol. The van der Waals surface area contributed by atoms with Gasteiger partial charge in [0.2, 0.25) is 0 Å². The average molecular weight is 399 g/mol. The first-order chi connectivity index (χ1) is 11.3. The quantitative estimate of drug-likeness (QED) is 0.259. The zero-order valence-corrected chi connectivity index (χ0v) is 17.6. The first-order valence-corrected chi connectivity index (χ1v) is 10.0. The van der Waals surface area contributed by atoms with Gasteiger partial charge in [0.1, 0.15) is 0 Å². The van der Waals surface area contributed by atoms with E-state index >= 15 is 0 Å². The molecule has 24 heavy (non-hydrogen) atoms. The number of halogens is 1. The van der Waals surface area contributed by atoms with Crippen LogP contribution in [0.3, 0.4) is 0 Å². The van der Waals surface area contributed by atoms with Crippen molar-refractivity contribution in [2.24, 2.45) is 0 Å². The summed E-state index contributed by atoms with van der Waals surface area (Å²) in [6.45, 7) is 6.41. The lowest BCUT2D eigenvalue weighted by atomic mass is 10.0. The highest BCUT2D eigenvalue weighted by molar-refractivity contribution is 8.93. The molecule has 1 aromatic rings. The Balaban J connectivity index is 0.00000529. The smallest absolute Gasteiger partial charge is 0.0988 e. The summed E-state index contributed by atoms with van der Waals surface area (Å²) in [4.78, 5) is 4.06. The minimum atomic E-state index is 0. The summed E-state index contributed by atoms with van der Waals surface area (Å²) in [5, 5.41) is 0. The fraction of sp³-hybridized carbons (Fsp3) is 0.762. The number of imidazole rings is 1. The molecule has 0 aliphatic heterocycles. The third-order valence-electron chi connectivity index (χ3n) is 4.69. The van der Waals surface area contributed by atoms with Crippen molar-refractivity contribution in [2.75, 3.05) is 0 Å². The van der Waals surface area contributed by atoms with E-state index in [2.05, 4.69) is 18.5 Å². The average Bonchev–Trinajstić information content (AvgIpc) is 3.09.